The number of rotatable bonds is 5. The van der Waals surface area contributed by atoms with Gasteiger partial charge in [0.2, 0.25) is 5.91 Å². The van der Waals surface area contributed by atoms with Gasteiger partial charge in [0.15, 0.2) is 0 Å². The molecule has 3 nitrogen and oxygen atoms in total. The molecular formula is C15H14F2N2O. The van der Waals surface area contributed by atoms with E-state index in [0.717, 1.165) is 11.6 Å². The van der Waals surface area contributed by atoms with E-state index in [-0.39, 0.29) is 18.0 Å². The number of benzene rings is 1. The predicted molar refractivity (Wildman–Crippen MR) is 70.8 cm³/mol. The van der Waals surface area contributed by atoms with Crippen molar-refractivity contribution in [3.05, 3.63) is 65.5 Å². The Morgan fingerprint density at radius 3 is 2.80 bits per heavy atom. The van der Waals surface area contributed by atoms with Crippen molar-refractivity contribution in [1.82, 2.24) is 10.3 Å². The van der Waals surface area contributed by atoms with Crippen molar-refractivity contribution in [2.24, 2.45) is 0 Å². The fraction of sp³-hybridized carbons (Fsp3) is 0.200. The molecule has 0 unspecified atom stereocenters. The van der Waals surface area contributed by atoms with Crippen LogP contribution in [0.3, 0.4) is 0 Å². The molecule has 1 aromatic heterocycles. The van der Waals surface area contributed by atoms with Crippen molar-refractivity contribution in [1.29, 1.82) is 0 Å². The summed E-state index contributed by atoms with van der Waals surface area (Å²) in [5.41, 5.74) is 1.23. The lowest BCUT2D eigenvalue weighted by atomic mass is 10.1. The molecule has 0 saturated carbocycles. The van der Waals surface area contributed by atoms with Gasteiger partial charge in [0.1, 0.15) is 11.6 Å². The van der Waals surface area contributed by atoms with Gasteiger partial charge in [-0.3, -0.25) is 9.78 Å². The van der Waals surface area contributed by atoms with E-state index in [4.69, 9.17) is 0 Å². The van der Waals surface area contributed by atoms with E-state index >= 15 is 0 Å². The van der Waals surface area contributed by atoms with Crippen LogP contribution in [0.5, 0.6) is 0 Å². The van der Waals surface area contributed by atoms with Gasteiger partial charge in [-0.1, -0.05) is 12.1 Å². The molecule has 0 atom stereocenters. The summed E-state index contributed by atoms with van der Waals surface area (Å²) in [7, 11) is 0. The molecule has 0 spiro atoms. The maximum Gasteiger partial charge on any atom is 0.220 e. The SMILES string of the molecule is O=C(CCc1cccnc1)NCc1ccc(F)cc1F. The van der Waals surface area contributed by atoms with Gasteiger partial charge < -0.3 is 5.32 Å². The van der Waals surface area contributed by atoms with Crippen LogP contribution in [0.4, 0.5) is 8.78 Å². The summed E-state index contributed by atoms with van der Waals surface area (Å²) in [6, 6.07) is 6.99. The average Bonchev–Trinajstić information content (AvgIpc) is 2.45. The molecule has 1 amide bonds. The van der Waals surface area contributed by atoms with Crippen LogP contribution in [0.2, 0.25) is 0 Å². The normalized spacial score (nSPS) is 10.3. The highest BCUT2D eigenvalue weighted by Gasteiger charge is 2.06. The van der Waals surface area contributed by atoms with Crippen LogP contribution in [0, 0.1) is 11.6 Å². The maximum atomic E-state index is 13.4. The summed E-state index contributed by atoms with van der Waals surface area (Å²) in [6.07, 6.45) is 4.24. The lowest BCUT2D eigenvalue weighted by molar-refractivity contribution is -0.121. The zero-order valence-electron chi connectivity index (χ0n) is 10.8. The molecule has 0 saturated heterocycles. The van der Waals surface area contributed by atoms with Crippen LogP contribution >= 0.6 is 0 Å². The van der Waals surface area contributed by atoms with Crippen molar-refractivity contribution in [2.75, 3.05) is 0 Å². The lowest BCUT2D eigenvalue weighted by Crippen LogP contribution is -2.23. The van der Waals surface area contributed by atoms with Crippen molar-refractivity contribution in [3.8, 4) is 0 Å². The summed E-state index contributed by atoms with van der Waals surface area (Å²) in [4.78, 5) is 15.6. The van der Waals surface area contributed by atoms with Crippen LogP contribution in [-0.2, 0) is 17.8 Å². The second-order valence-corrected chi connectivity index (χ2v) is 4.37. The summed E-state index contributed by atoms with van der Waals surface area (Å²) >= 11 is 0. The molecule has 2 aromatic rings. The molecule has 0 fully saturated rings. The minimum atomic E-state index is -0.655. The highest BCUT2D eigenvalue weighted by molar-refractivity contribution is 5.76. The van der Waals surface area contributed by atoms with Gasteiger partial charge in [-0.25, -0.2) is 8.78 Å². The highest BCUT2D eigenvalue weighted by Crippen LogP contribution is 2.09. The number of amides is 1. The van der Waals surface area contributed by atoms with E-state index in [1.807, 2.05) is 6.07 Å². The van der Waals surface area contributed by atoms with Crippen LogP contribution in [0.1, 0.15) is 17.5 Å². The van der Waals surface area contributed by atoms with Gasteiger partial charge in [0, 0.05) is 37.0 Å². The van der Waals surface area contributed by atoms with Crippen LogP contribution in [0.25, 0.3) is 0 Å². The zero-order chi connectivity index (χ0) is 14.4. The standard InChI is InChI=1S/C15H14F2N2O/c16-13-5-4-12(14(17)8-13)10-19-15(20)6-3-11-2-1-7-18-9-11/h1-2,4-5,7-9H,3,6,10H2,(H,19,20). The number of nitrogens with zero attached hydrogens (tertiary/aromatic N) is 1. The quantitative estimate of drug-likeness (QED) is 0.912. The van der Waals surface area contributed by atoms with Crippen LogP contribution in [-0.4, -0.2) is 10.9 Å². The summed E-state index contributed by atoms with van der Waals surface area (Å²) in [5, 5.41) is 2.61. The number of carbonyl (C=O) groups is 1. The van der Waals surface area contributed by atoms with Crippen LogP contribution < -0.4 is 5.32 Å². The van der Waals surface area contributed by atoms with E-state index in [2.05, 4.69) is 10.3 Å². The Kier molecular flexibility index (Phi) is 4.76. The molecule has 0 aliphatic rings. The average molecular weight is 276 g/mol. The Balaban J connectivity index is 1.80. The van der Waals surface area contributed by atoms with Gasteiger partial charge in [-0.15, -0.1) is 0 Å². The first kappa shape index (κ1) is 14.1. The Morgan fingerprint density at radius 2 is 2.10 bits per heavy atom. The summed E-state index contributed by atoms with van der Waals surface area (Å²) in [6.45, 7) is 0.0536. The van der Waals surface area contributed by atoms with Crippen molar-refractivity contribution in [3.63, 3.8) is 0 Å². The number of hydrogen-bond donors (Lipinski definition) is 1. The van der Waals surface area contributed by atoms with Crippen LogP contribution in [0.15, 0.2) is 42.7 Å². The third-order valence-corrected chi connectivity index (χ3v) is 2.85. The predicted octanol–water partition coefficient (Wildman–Crippen LogP) is 2.61. The monoisotopic (exact) mass is 276 g/mol. The second-order valence-electron chi connectivity index (χ2n) is 4.37. The fourth-order valence-corrected chi connectivity index (χ4v) is 1.75. The number of hydrogen-bond acceptors (Lipinski definition) is 2. The molecule has 20 heavy (non-hydrogen) atoms. The second kappa shape index (κ2) is 6.75. The zero-order valence-corrected chi connectivity index (χ0v) is 10.8. The molecule has 2 rings (SSSR count). The van der Waals surface area contributed by atoms with Crippen molar-refractivity contribution >= 4 is 5.91 Å². The van der Waals surface area contributed by atoms with Gasteiger partial charge in [-0.05, 0) is 24.1 Å². The van der Waals surface area contributed by atoms with Gasteiger partial charge in [0.25, 0.3) is 0 Å². The number of halogens is 2. The minimum absolute atomic E-state index is 0.0536. The molecule has 1 aromatic carbocycles. The Morgan fingerprint density at radius 1 is 1.25 bits per heavy atom. The van der Waals surface area contributed by atoms with E-state index in [1.54, 1.807) is 18.5 Å². The van der Waals surface area contributed by atoms with E-state index in [0.29, 0.717) is 12.8 Å². The Labute approximate surface area is 115 Å². The van der Waals surface area contributed by atoms with Gasteiger partial charge in [0.05, 0.1) is 0 Å². The molecule has 0 bridgehead atoms. The molecule has 0 aliphatic carbocycles. The van der Waals surface area contributed by atoms with E-state index < -0.39 is 11.6 Å². The molecular weight excluding hydrogens is 262 g/mol. The molecule has 5 heteroatoms. The minimum Gasteiger partial charge on any atom is -0.352 e. The number of pyridine rings is 1. The van der Waals surface area contributed by atoms with Gasteiger partial charge >= 0.3 is 0 Å². The number of carbonyl (C=O) groups excluding carboxylic acids is 1. The molecule has 0 aliphatic heterocycles. The molecule has 104 valence electrons. The number of aromatic nitrogens is 1. The fourth-order valence-electron chi connectivity index (χ4n) is 1.75. The Hall–Kier alpha value is -2.30. The lowest BCUT2D eigenvalue weighted by Gasteiger charge is -2.06. The third kappa shape index (κ3) is 4.12. The van der Waals surface area contributed by atoms with E-state index in [9.17, 15) is 13.6 Å². The summed E-state index contributed by atoms with van der Waals surface area (Å²) < 4.78 is 26.1. The maximum absolute atomic E-state index is 13.4. The highest BCUT2D eigenvalue weighted by atomic mass is 19.1. The van der Waals surface area contributed by atoms with Gasteiger partial charge in [-0.2, -0.15) is 0 Å². The number of aryl methyl sites for hydroxylation is 1. The third-order valence-electron chi connectivity index (χ3n) is 2.85. The van der Waals surface area contributed by atoms with Crippen molar-refractivity contribution < 1.29 is 13.6 Å². The molecule has 1 N–H and O–H groups in total. The topological polar surface area (TPSA) is 42.0 Å². The largest absolute Gasteiger partial charge is 0.352 e. The molecule has 0 radical (unpaired) electrons. The summed E-state index contributed by atoms with van der Waals surface area (Å²) in [5.74, 6) is -1.47. The first-order valence-corrected chi connectivity index (χ1v) is 6.24. The van der Waals surface area contributed by atoms with Crippen molar-refractivity contribution in [2.45, 2.75) is 19.4 Å². The molecule has 1 heterocycles. The Bertz CT molecular complexity index is 588. The smallest absolute Gasteiger partial charge is 0.220 e. The van der Waals surface area contributed by atoms with E-state index in [1.165, 1.54) is 12.1 Å². The first-order valence-electron chi connectivity index (χ1n) is 6.24. The number of nitrogens with one attached hydrogen (secondary N) is 1. The first-order chi connectivity index (χ1) is 9.65.